The van der Waals surface area contributed by atoms with Crippen LogP contribution in [0.3, 0.4) is 0 Å². The van der Waals surface area contributed by atoms with Crippen molar-refractivity contribution in [2.75, 3.05) is 19.0 Å². The summed E-state index contributed by atoms with van der Waals surface area (Å²) in [6.45, 7) is 6.32. The third-order valence-corrected chi connectivity index (χ3v) is 2.91. The number of benzene rings is 1. The van der Waals surface area contributed by atoms with Crippen LogP contribution in [0.25, 0.3) is 5.69 Å². The van der Waals surface area contributed by atoms with Gasteiger partial charge in [-0.05, 0) is 32.4 Å². The number of aryl methyl sites for hydroxylation is 3. The summed E-state index contributed by atoms with van der Waals surface area (Å²) in [4.78, 5) is 2.02. The quantitative estimate of drug-likeness (QED) is 0.789. The maximum atomic E-state index is 4.61. The lowest BCUT2D eigenvalue weighted by Crippen LogP contribution is -2.10. The molecule has 1 heterocycles. The number of aromatic nitrogens is 2. The van der Waals surface area contributed by atoms with Gasteiger partial charge in [0.15, 0.2) is 5.82 Å². The van der Waals surface area contributed by atoms with E-state index in [-0.39, 0.29) is 0 Å². The van der Waals surface area contributed by atoms with Crippen LogP contribution in [0.4, 0.5) is 5.82 Å². The zero-order chi connectivity index (χ0) is 12.6. The fourth-order valence-corrected chi connectivity index (χ4v) is 1.96. The molecule has 0 aliphatic rings. The molecule has 2 rings (SSSR count). The standard InChI is InChI=1S/C14H19N3/c1-10-6-7-13(11(2)8-10)17-12(3)9-14(15-17)16(4)5/h6-9H,1-5H3. The molecule has 90 valence electrons. The van der Waals surface area contributed by atoms with Crippen molar-refractivity contribution < 1.29 is 0 Å². The molecular weight excluding hydrogens is 210 g/mol. The minimum atomic E-state index is 0.988. The molecule has 3 heteroatoms. The lowest BCUT2D eigenvalue weighted by molar-refractivity contribution is 0.831. The number of nitrogens with zero attached hydrogens (tertiary/aromatic N) is 3. The molecular formula is C14H19N3. The maximum absolute atomic E-state index is 4.61. The zero-order valence-corrected chi connectivity index (χ0v) is 11.2. The highest BCUT2D eigenvalue weighted by Gasteiger charge is 2.09. The SMILES string of the molecule is Cc1ccc(-n2nc(N(C)C)cc2C)c(C)c1. The van der Waals surface area contributed by atoms with Gasteiger partial charge in [-0.15, -0.1) is 0 Å². The molecule has 0 radical (unpaired) electrons. The third-order valence-electron chi connectivity index (χ3n) is 2.91. The van der Waals surface area contributed by atoms with Gasteiger partial charge in [-0.25, -0.2) is 4.68 Å². The lowest BCUT2D eigenvalue weighted by Gasteiger charge is -2.10. The van der Waals surface area contributed by atoms with Crippen molar-refractivity contribution >= 4 is 5.82 Å². The fraction of sp³-hybridized carbons (Fsp3) is 0.357. The third kappa shape index (κ3) is 2.18. The smallest absolute Gasteiger partial charge is 0.150 e. The number of rotatable bonds is 2. The molecule has 0 bridgehead atoms. The Morgan fingerprint density at radius 2 is 1.76 bits per heavy atom. The van der Waals surface area contributed by atoms with Gasteiger partial charge in [-0.3, -0.25) is 0 Å². The second-order valence-electron chi connectivity index (χ2n) is 4.74. The number of anilines is 1. The van der Waals surface area contributed by atoms with Crippen LogP contribution in [-0.2, 0) is 0 Å². The molecule has 17 heavy (non-hydrogen) atoms. The summed E-state index contributed by atoms with van der Waals surface area (Å²) in [6, 6.07) is 8.54. The first-order valence-electron chi connectivity index (χ1n) is 5.80. The van der Waals surface area contributed by atoms with Crippen molar-refractivity contribution in [3.63, 3.8) is 0 Å². The first kappa shape index (κ1) is 11.7. The molecule has 0 fully saturated rings. The van der Waals surface area contributed by atoms with Crippen molar-refractivity contribution in [3.8, 4) is 5.69 Å². The monoisotopic (exact) mass is 229 g/mol. The van der Waals surface area contributed by atoms with E-state index in [2.05, 4.69) is 50.1 Å². The van der Waals surface area contributed by atoms with E-state index >= 15 is 0 Å². The first-order chi connectivity index (χ1) is 7.99. The summed E-state index contributed by atoms with van der Waals surface area (Å²) in [7, 11) is 4.02. The van der Waals surface area contributed by atoms with Crippen LogP contribution >= 0.6 is 0 Å². The Balaban J connectivity index is 2.52. The predicted molar refractivity (Wildman–Crippen MR) is 72.1 cm³/mol. The van der Waals surface area contributed by atoms with Gasteiger partial charge in [0.05, 0.1) is 5.69 Å². The van der Waals surface area contributed by atoms with Crippen LogP contribution in [-0.4, -0.2) is 23.9 Å². The zero-order valence-electron chi connectivity index (χ0n) is 11.2. The van der Waals surface area contributed by atoms with Gasteiger partial charge in [0.1, 0.15) is 0 Å². The van der Waals surface area contributed by atoms with E-state index in [0.717, 1.165) is 17.2 Å². The molecule has 0 aliphatic carbocycles. The first-order valence-corrected chi connectivity index (χ1v) is 5.80. The molecule has 0 aliphatic heterocycles. The molecule has 0 unspecified atom stereocenters. The van der Waals surface area contributed by atoms with E-state index in [9.17, 15) is 0 Å². The van der Waals surface area contributed by atoms with Crippen molar-refractivity contribution in [1.29, 1.82) is 0 Å². The van der Waals surface area contributed by atoms with Gasteiger partial charge in [0.25, 0.3) is 0 Å². The van der Waals surface area contributed by atoms with Crippen LogP contribution in [0.15, 0.2) is 24.3 Å². The van der Waals surface area contributed by atoms with E-state index in [0.29, 0.717) is 0 Å². The van der Waals surface area contributed by atoms with Gasteiger partial charge in [-0.1, -0.05) is 17.7 Å². The number of hydrogen-bond acceptors (Lipinski definition) is 2. The van der Waals surface area contributed by atoms with Crippen LogP contribution in [0.2, 0.25) is 0 Å². The minimum Gasteiger partial charge on any atom is -0.361 e. The van der Waals surface area contributed by atoms with Gasteiger partial charge in [-0.2, -0.15) is 5.10 Å². The summed E-state index contributed by atoms with van der Waals surface area (Å²) >= 11 is 0. The molecule has 2 aromatic rings. The fourth-order valence-electron chi connectivity index (χ4n) is 1.96. The van der Waals surface area contributed by atoms with Gasteiger partial charge in [0.2, 0.25) is 0 Å². The summed E-state index contributed by atoms with van der Waals surface area (Å²) < 4.78 is 2.00. The Labute approximate surface area is 103 Å². The largest absolute Gasteiger partial charge is 0.361 e. The Kier molecular flexibility index (Phi) is 2.92. The highest BCUT2D eigenvalue weighted by Crippen LogP contribution is 2.20. The number of hydrogen-bond donors (Lipinski definition) is 0. The molecule has 0 saturated carbocycles. The van der Waals surface area contributed by atoms with E-state index in [1.807, 2.05) is 23.7 Å². The Hall–Kier alpha value is -1.77. The molecule has 0 N–H and O–H groups in total. The van der Waals surface area contributed by atoms with Crippen LogP contribution in [0.1, 0.15) is 16.8 Å². The molecule has 0 atom stereocenters. The average Bonchev–Trinajstić information content (AvgIpc) is 2.61. The minimum absolute atomic E-state index is 0.988. The van der Waals surface area contributed by atoms with Gasteiger partial charge in [0, 0.05) is 25.9 Å². The van der Waals surface area contributed by atoms with Crippen LogP contribution < -0.4 is 4.90 Å². The lowest BCUT2D eigenvalue weighted by atomic mass is 10.1. The van der Waals surface area contributed by atoms with Crippen LogP contribution in [0.5, 0.6) is 0 Å². The van der Waals surface area contributed by atoms with Crippen LogP contribution in [0, 0.1) is 20.8 Å². The van der Waals surface area contributed by atoms with Crippen molar-refractivity contribution in [2.45, 2.75) is 20.8 Å². The van der Waals surface area contributed by atoms with Crippen molar-refractivity contribution in [2.24, 2.45) is 0 Å². The van der Waals surface area contributed by atoms with E-state index in [4.69, 9.17) is 0 Å². The predicted octanol–water partition coefficient (Wildman–Crippen LogP) is 2.86. The van der Waals surface area contributed by atoms with Gasteiger partial charge < -0.3 is 4.90 Å². The summed E-state index contributed by atoms with van der Waals surface area (Å²) in [5, 5.41) is 4.61. The Morgan fingerprint density at radius 3 is 2.29 bits per heavy atom. The molecule has 0 saturated heterocycles. The van der Waals surface area contributed by atoms with Crippen molar-refractivity contribution in [3.05, 3.63) is 41.1 Å². The second kappa shape index (κ2) is 4.24. The molecule has 1 aromatic carbocycles. The van der Waals surface area contributed by atoms with Crippen molar-refractivity contribution in [1.82, 2.24) is 9.78 Å². The van der Waals surface area contributed by atoms with E-state index in [1.165, 1.54) is 11.1 Å². The topological polar surface area (TPSA) is 21.1 Å². The molecule has 0 amide bonds. The maximum Gasteiger partial charge on any atom is 0.150 e. The van der Waals surface area contributed by atoms with Gasteiger partial charge >= 0.3 is 0 Å². The van der Waals surface area contributed by atoms with E-state index in [1.54, 1.807) is 0 Å². The normalized spacial score (nSPS) is 10.6. The van der Waals surface area contributed by atoms with E-state index < -0.39 is 0 Å². The average molecular weight is 229 g/mol. The highest BCUT2D eigenvalue weighted by atomic mass is 15.3. The Morgan fingerprint density at radius 1 is 1.06 bits per heavy atom. The second-order valence-corrected chi connectivity index (χ2v) is 4.74. The molecule has 1 aromatic heterocycles. The Bertz CT molecular complexity index is 538. The molecule has 3 nitrogen and oxygen atoms in total. The highest BCUT2D eigenvalue weighted by molar-refractivity contribution is 5.47. The summed E-state index contributed by atoms with van der Waals surface area (Å²) in [5.74, 6) is 0.988. The molecule has 0 spiro atoms. The summed E-state index contributed by atoms with van der Waals surface area (Å²) in [6.07, 6.45) is 0. The summed E-state index contributed by atoms with van der Waals surface area (Å²) in [5.41, 5.74) is 4.84.